The lowest BCUT2D eigenvalue weighted by molar-refractivity contribution is 0.559. The molecule has 0 fully saturated rings. The average Bonchev–Trinajstić information content (AvgIpc) is 2.61. The summed E-state index contributed by atoms with van der Waals surface area (Å²) in [4.78, 5) is 8.15. The molecule has 0 radical (unpaired) electrons. The average molecular weight is 237 g/mol. The van der Waals surface area contributed by atoms with Crippen LogP contribution >= 0.6 is 11.6 Å². The molecule has 0 N–H and O–H groups in total. The Morgan fingerprint density at radius 3 is 2.50 bits per heavy atom. The van der Waals surface area contributed by atoms with E-state index in [1.54, 1.807) is 23.3 Å². The molecule has 4 nitrogen and oxygen atoms in total. The van der Waals surface area contributed by atoms with Gasteiger partial charge in [0.25, 0.3) is 0 Å². The molecule has 2 aromatic heterocycles. The first-order valence-corrected chi connectivity index (χ1v) is 5.39. The fraction of sp³-hybridized carbons (Fsp3) is 0.364. The number of aromatic nitrogens is 4. The second kappa shape index (κ2) is 3.87. The summed E-state index contributed by atoms with van der Waals surface area (Å²) in [6.45, 7) is 6.27. The van der Waals surface area contributed by atoms with Crippen molar-refractivity contribution in [2.45, 2.75) is 26.2 Å². The molecule has 0 bridgehead atoms. The number of nitrogens with zero attached hydrogens (tertiary/aromatic N) is 4. The van der Waals surface area contributed by atoms with Crippen molar-refractivity contribution in [3.63, 3.8) is 0 Å². The molecule has 0 aliphatic rings. The van der Waals surface area contributed by atoms with Crippen LogP contribution in [0.3, 0.4) is 0 Å². The first-order chi connectivity index (χ1) is 7.48. The SMILES string of the molecule is CC(C)(C)c1cc(Cl)n(-c2cnccn2)n1. The molecule has 0 saturated carbocycles. The summed E-state index contributed by atoms with van der Waals surface area (Å²) in [6, 6.07) is 1.86. The first kappa shape index (κ1) is 11.1. The monoisotopic (exact) mass is 236 g/mol. The molecular weight excluding hydrogens is 224 g/mol. The maximum Gasteiger partial charge on any atom is 0.173 e. The summed E-state index contributed by atoms with van der Waals surface area (Å²) in [5.41, 5.74) is 0.903. The molecule has 0 aromatic carbocycles. The molecule has 2 aromatic rings. The molecule has 2 rings (SSSR count). The van der Waals surface area contributed by atoms with Crippen molar-refractivity contribution in [3.8, 4) is 5.82 Å². The molecular formula is C11H13ClN4. The lowest BCUT2D eigenvalue weighted by Gasteiger charge is -2.13. The summed E-state index contributed by atoms with van der Waals surface area (Å²) in [5, 5.41) is 4.98. The minimum atomic E-state index is -0.0307. The highest BCUT2D eigenvalue weighted by Gasteiger charge is 2.20. The summed E-state index contributed by atoms with van der Waals surface area (Å²) in [7, 11) is 0. The molecule has 0 amide bonds. The number of hydrogen-bond acceptors (Lipinski definition) is 3. The molecule has 0 unspecified atom stereocenters. The van der Waals surface area contributed by atoms with E-state index in [4.69, 9.17) is 11.6 Å². The predicted octanol–water partition coefficient (Wildman–Crippen LogP) is 2.61. The second-order valence-electron chi connectivity index (χ2n) is 4.58. The summed E-state index contributed by atoms with van der Waals surface area (Å²) in [6.07, 6.45) is 4.86. The van der Waals surface area contributed by atoms with Gasteiger partial charge in [0.05, 0.1) is 11.9 Å². The Hall–Kier alpha value is -1.42. The van der Waals surface area contributed by atoms with Crippen LogP contribution in [0.2, 0.25) is 5.15 Å². The van der Waals surface area contributed by atoms with Crippen LogP contribution in [0.4, 0.5) is 0 Å². The highest BCUT2D eigenvalue weighted by atomic mass is 35.5. The minimum absolute atomic E-state index is 0.0307. The maximum absolute atomic E-state index is 6.12. The van der Waals surface area contributed by atoms with Crippen LogP contribution in [0.5, 0.6) is 0 Å². The Morgan fingerprint density at radius 2 is 2.00 bits per heavy atom. The molecule has 0 aliphatic carbocycles. The van der Waals surface area contributed by atoms with E-state index in [-0.39, 0.29) is 5.41 Å². The lowest BCUT2D eigenvalue weighted by atomic mass is 9.93. The third-order valence-electron chi connectivity index (χ3n) is 2.20. The van der Waals surface area contributed by atoms with E-state index in [2.05, 4.69) is 35.8 Å². The number of halogens is 1. The van der Waals surface area contributed by atoms with Crippen molar-refractivity contribution in [3.05, 3.63) is 35.5 Å². The molecule has 0 spiro atoms. The Morgan fingerprint density at radius 1 is 1.25 bits per heavy atom. The van der Waals surface area contributed by atoms with Crippen molar-refractivity contribution < 1.29 is 0 Å². The predicted molar refractivity (Wildman–Crippen MR) is 62.9 cm³/mol. The van der Waals surface area contributed by atoms with E-state index in [0.29, 0.717) is 11.0 Å². The van der Waals surface area contributed by atoms with Crippen LogP contribution in [0.1, 0.15) is 26.5 Å². The van der Waals surface area contributed by atoms with Gasteiger partial charge >= 0.3 is 0 Å². The van der Waals surface area contributed by atoms with Crippen LogP contribution in [-0.4, -0.2) is 19.7 Å². The zero-order valence-electron chi connectivity index (χ0n) is 9.48. The lowest BCUT2D eigenvalue weighted by Crippen LogP contribution is -2.12. The Kier molecular flexibility index (Phi) is 2.68. The van der Waals surface area contributed by atoms with Crippen molar-refractivity contribution in [1.29, 1.82) is 0 Å². The summed E-state index contributed by atoms with van der Waals surface area (Å²) in [5.74, 6) is 0.628. The highest BCUT2D eigenvalue weighted by Crippen LogP contribution is 2.25. The van der Waals surface area contributed by atoms with Crippen molar-refractivity contribution in [2.75, 3.05) is 0 Å². The second-order valence-corrected chi connectivity index (χ2v) is 4.96. The van der Waals surface area contributed by atoms with Gasteiger partial charge in [-0.1, -0.05) is 32.4 Å². The quantitative estimate of drug-likeness (QED) is 0.765. The normalized spacial score (nSPS) is 11.8. The molecule has 5 heteroatoms. The van der Waals surface area contributed by atoms with Crippen LogP contribution in [0.15, 0.2) is 24.7 Å². The van der Waals surface area contributed by atoms with Gasteiger partial charge in [-0.05, 0) is 6.07 Å². The third-order valence-corrected chi connectivity index (χ3v) is 2.47. The third kappa shape index (κ3) is 2.07. The smallest absolute Gasteiger partial charge is 0.173 e. The van der Waals surface area contributed by atoms with Gasteiger partial charge in [0.15, 0.2) is 5.82 Å². The maximum atomic E-state index is 6.12. The van der Waals surface area contributed by atoms with Gasteiger partial charge in [-0.15, -0.1) is 0 Å². The summed E-state index contributed by atoms with van der Waals surface area (Å²) < 4.78 is 1.59. The molecule has 0 saturated heterocycles. The van der Waals surface area contributed by atoms with E-state index >= 15 is 0 Å². The standard InChI is InChI=1S/C11H13ClN4/c1-11(2,3)8-6-9(12)16(15-8)10-7-13-4-5-14-10/h4-7H,1-3H3. The molecule has 0 aliphatic heterocycles. The van der Waals surface area contributed by atoms with Gasteiger partial charge in [-0.3, -0.25) is 4.98 Å². The van der Waals surface area contributed by atoms with Gasteiger partial charge < -0.3 is 0 Å². The van der Waals surface area contributed by atoms with Gasteiger partial charge in [-0.2, -0.15) is 5.10 Å². The first-order valence-electron chi connectivity index (χ1n) is 5.01. The Labute approximate surface area is 99.3 Å². The van der Waals surface area contributed by atoms with E-state index < -0.39 is 0 Å². The van der Waals surface area contributed by atoms with Crippen molar-refractivity contribution in [2.24, 2.45) is 0 Å². The molecule has 0 atom stereocenters. The zero-order valence-corrected chi connectivity index (χ0v) is 10.2. The fourth-order valence-corrected chi connectivity index (χ4v) is 1.51. The van der Waals surface area contributed by atoms with Gasteiger partial charge in [0.1, 0.15) is 5.15 Å². The number of rotatable bonds is 1. The van der Waals surface area contributed by atoms with Crippen molar-refractivity contribution in [1.82, 2.24) is 19.7 Å². The minimum Gasteiger partial charge on any atom is -0.259 e. The van der Waals surface area contributed by atoms with Gasteiger partial charge in [-0.25, -0.2) is 9.67 Å². The molecule has 16 heavy (non-hydrogen) atoms. The largest absolute Gasteiger partial charge is 0.259 e. The highest BCUT2D eigenvalue weighted by molar-refractivity contribution is 6.29. The van der Waals surface area contributed by atoms with Crippen molar-refractivity contribution >= 4 is 11.6 Å². The number of hydrogen-bond donors (Lipinski definition) is 0. The zero-order chi connectivity index (χ0) is 11.8. The van der Waals surface area contributed by atoms with Crippen LogP contribution < -0.4 is 0 Å². The van der Waals surface area contributed by atoms with Gasteiger partial charge in [0.2, 0.25) is 0 Å². The van der Waals surface area contributed by atoms with Gasteiger partial charge in [0, 0.05) is 17.8 Å². The Balaban J connectivity index is 2.48. The topological polar surface area (TPSA) is 43.6 Å². The van der Waals surface area contributed by atoms with Crippen LogP contribution in [0.25, 0.3) is 5.82 Å². The molecule has 84 valence electrons. The van der Waals surface area contributed by atoms with Crippen LogP contribution in [0, 0.1) is 0 Å². The molecule has 2 heterocycles. The van der Waals surface area contributed by atoms with E-state index in [1.807, 2.05) is 6.07 Å². The summed E-state index contributed by atoms with van der Waals surface area (Å²) >= 11 is 6.12. The Bertz CT molecular complexity index is 484. The fourth-order valence-electron chi connectivity index (χ4n) is 1.29. The van der Waals surface area contributed by atoms with E-state index in [1.165, 1.54) is 0 Å². The van der Waals surface area contributed by atoms with E-state index in [9.17, 15) is 0 Å². The van der Waals surface area contributed by atoms with Crippen LogP contribution in [-0.2, 0) is 5.41 Å². The van der Waals surface area contributed by atoms with E-state index in [0.717, 1.165) is 5.69 Å².